The van der Waals surface area contributed by atoms with Gasteiger partial charge in [-0.05, 0) is 45.4 Å². The van der Waals surface area contributed by atoms with Gasteiger partial charge in [-0.2, -0.15) is 0 Å². The molecule has 0 aromatic rings. The van der Waals surface area contributed by atoms with Crippen LogP contribution in [-0.4, -0.2) is 0 Å². The predicted molar refractivity (Wildman–Crippen MR) is 71.0 cm³/mol. The lowest BCUT2D eigenvalue weighted by atomic mass is 9.95. The zero-order valence-corrected chi connectivity index (χ0v) is 11.1. The van der Waals surface area contributed by atoms with Gasteiger partial charge in [0.2, 0.25) is 0 Å². The lowest BCUT2D eigenvalue weighted by molar-refractivity contribution is 0.692. The Hall–Kier alpha value is -0.260. The van der Waals surface area contributed by atoms with E-state index in [4.69, 9.17) is 0 Å². The molecule has 0 amide bonds. The molecule has 0 saturated carbocycles. The summed E-state index contributed by atoms with van der Waals surface area (Å²) in [6.45, 7) is 11.1. The van der Waals surface area contributed by atoms with Crippen molar-refractivity contribution in [1.82, 2.24) is 0 Å². The van der Waals surface area contributed by atoms with Gasteiger partial charge in [0.1, 0.15) is 0 Å². The van der Waals surface area contributed by atoms with Gasteiger partial charge in [0, 0.05) is 0 Å². The van der Waals surface area contributed by atoms with Crippen LogP contribution in [-0.2, 0) is 0 Å². The first-order chi connectivity index (χ1) is 7.26. The molecule has 1 radical (unpaired) electrons. The molecule has 0 heteroatoms. The van der Waals surface area contributed by atoms with Crippen molar-refractivity contribution in [3.05, 3.63) is 18.1 Å². The van der Waals surface area contributed by atoms with E-state index in [2.05, 4.69) is 27.7 Å². The minimum atomic E-state index is 1.22. The second kappa shape index (κ2) is 10.3. The first-order valence-electron chi connectivity index (χ1n) is 6.79. The summed E-state index contributed by atoms with van der Waals surface area (Å²) in [6, 6.07) is 0. The van der Waals surface area contributed by atoms with E-state index in [1.807, 2.05) is 0 Å². The van der Waals surface area contributed by atoms with Gasteiger partial charge in [-0.3, -0.25) is 0 Å². The van der Waals surface area contributed by atoms with Gasteiger partial charge >= 0.3 is 0 Å². The van der Waals surface area contributed by atoms with Crippen molar-refractivity contribution in [2.45, 2.75) is 78.6 Å². The van der Waals surface area contributed by atoms with Gasteiger partial charge in [-0.1, -0.05) is 51.2 Å². The maximum absolute atomic E-state index is 4.26. The Morgan fingerprint density at radius 3 is 1.53 bits per heavy atom. The lowest BCUT2D eigenvalue weighted by Gasteiger charge is -2.11. The first kappa shape index (κ1) is 14.7. The average molecular weight is 209 g/mol. The van der Waals surface area contributed by atoms with E-state index in [0.717, 1.165) is 0 Å². The van der Waals surface area contributed by atoms with E-state index in [1.54, 1.807) is 5.57 Å². The lowest BCUT2D eigenvalue weighted by Crippen LogP contribution is -1.91. The maximum atomic E-state index is 4.26. The Bertz CT molecular complexity index is 155. The highest BCUT2D eigenvalue weighted by Gasteiger charge is 2.02. The SMILES string of the molecule is [CH2]C(CCCC)=C(CCCC)CCCC. The summed E-state index contributed by atoms with van der Waals surface area (Å²) >= 11 is 0. The zero-order chi connectivity index (χ0) is 11.5. The van der Waals surface area contributed by atoms with Crippen molar-refractivity contribution in [3.8, 4) is 0 Å². The molecular weight excluding hydrogens is 180 g/mol. The number of unbranched alkanes of at least 4 members (excludes halogenated alkanes) is 3. The summed E-state index contributed by atoms with van der Waals surface area (Å²) in [4.78, 5) is 0. The van der Waals surface area contributed by atoms with Gasteiger partial charge in [0.05, 0.1) is 0 Å². The van der Waals surface area contributed by atoms with Crippen LogP contribution in [0.3, 0.4) is 0 Å². The van der Waals surface area contributed by atoms with Crippen LogP contribution < -0.4 is 0 Å². The fourth-order valence-corrected chi connectivity index (χ4v) is 1.83. The predicted octanol–water partition coefficient (Wildman–Crippen LogP) is 5.69. The molecule has 0 aromatic heterocycles. The molecule has 0 N–H and O–H groups in total. The minimum Gasteiger partial charge on any atom is -0.0710 e. The summed E-state index contributed by atoms with van der Waals surface area (Å²) in [6.07, 6.45) is 11.7. The quantitative estimate of drug-likeness (QED) is 0.458. The van der Waals surface area contributed by atoms with Gasteiger partial charge < -0.3 is 0 Å². The molecule has 0 atom stereocenters. The second-order valence-electron chi connectivity index (χ2n) is 4.52. The van der Waals surface area contributed by atoms with Gasteiger partial charge in [0.25, 0.3) is 0 Å². The average Bonchev–Trinajstić information content (AvgIpc) is 2.26. The molecule has 0 fully saturated rings. The van der Waals surface area contributed by atoms with Crippen LogP contribution in [0.1, 0.15) is 78.6 Å². The van der Waals surface area contributed by atoms with E-state index in [9.17, 15) is 0 Å². The molecule has 0 unspecified atom stereocenters. The first-order valence-corrected chi connectivity index (χ1v) is 6.79. The van der Waals surface area contributed by atoms with Crippen LogP contribution in [0, 0.1) is 6.92 Å². The van der Waals surface area contributed by atoms with Gasteiger partial charge in [0.15, 0.2) is 0 Å². The summed E-state index contributed by atoms with van der Waals surface area (Å²) in [5.41, 5.74) is 3.10. The molecule has 15 heavy (non-hydrogen) atoms. The van der Waals surface area contributed by atoms with Crippen LogP contribution in [0.25, 0.3) is 0 Å². The highest BCUT2D eigenvalue weighted by molar-refractivity contribution is 5.17. The summed E-state index contributed by atoms with van der Waals surface area (Å²) in [5.74, 6) is 0. The molecule has 89 valence electrons. The molecule has 0 spiro atoms. The van der Waals surface area contributed by atoms with E-state index in [-0.39, 0.29) is 0 Å². The van der Waals surface area contributed by atoms with Crippen molar-refractivity contribution >= 4 is 0 Å². The Morgan fingerprint density at radius 1 is 0.733 bits per heavy atom. The molecule has 0 aliphatic carbocycles. The molecule has 0 aromatic carbocycles. The normalized spacial score (nSPS) is 10.4. The Labute approximate surface area is 97.2 Å². The van der Waals surface area contributed by atoms with Crippen LogP contribution in [0.2, 0.25) is 0 Å². The van der Waals surface area contributed by atoms with Gasteiger partial charge in [-0.25, -0.2) is 0 Å². The zero-order valence-electron chi connectivity index (χ0n) is 11.1. The second-order valence-corrected chi connectivity index (χ2v) is 4.52. The summed E-state index contributed by atoms with van der Waals surface area (Å²) in [7, 11) is 0. The minimum absolute atomic E-state index is 1.22. The monoisotopic (exact) mass is 209 g/mol. The number of rotatable bonds is 9. The van der Waals surface area contributed by atoms with Crippen molar-refractivity contribution in [1.29, 1.82) is 0 Å². The molecule has 0 saturated heterocycles. The molecule has 0 aliphatic rings. The van der Waals surface area contributed by atoms with E-state index in [1.165, 1.54) is 63.4 Å². The topological polar surface area (TPSA) is 0 Å². The summed E-state index contributed by atoms with van der Waals surface area (Å²) < 4.78 is 0. The van der Waals surface area contributed by atoms with Gasteiger partial charge in [-0.15, -0.1) is 0 Å². The molecular formula is C15H29. The van der Waals surface area contributed by atoms with Crippen molar-refractivity contribution < 1.29 is 0 Å². The summed E-state index contributed by atoms with van der Waals surface area (Å²) in [5, 5.41) is 0. The maximum Gasteiger partial charge on any atom is -0.0280 e. The van der Waals surface area contributed by atoms with E-state index < -0.39 is 0 Å². The van der Waals surface area contributed by atoms with Crippen molar-refractivity contribution in [3.63, 3.8) is 0 Å². The van der Waals surface area contributed by atoms with Crippen LogP contribution in [0.4, 0.5) is 0 Å². The highest BCUT2D eigenvalue weighted by Crippen LogP contribution is 2.22. The standard InChI is InChI=1S/C15H29/c1-5-8-11-14(4)15(12-9-6-2)13-10-7-3/h4-13H2,1-3H3. The Balaban J connectivity index is 4.14. The van der Waals surface area contributed by atoms with Crippen LogP contribution in [0.5, 0.6) is 0 Å². The molecule has 0 nitrogen and oxygen atoms in total. The van der Waals surface area contributed by atoms with Crippen molar-refractivity contribution in [2.75, 3.05) is 0 Å². The highest BCUT2D eigenvalue weighted by atomic mass is 14.1. The number of hydrogen-bond acceptors (Lipinski definition) is 0. The van der Waals surface area contributed by atoms with Crippen molar-refractivity contribution in [2.24, 2.45) is 0 Å². The largest absolute Gasteiger partial charge is 0.0710 e. The third-order valence-corrected chi connectivity index (χ3v) is 3.00. The molecule has 0 rings (SSSR count). The third kappa shape index (κ3) is 7.64. The number of allylic oxidation sites excluding steroid dienone is 2. The molecule has 0 bridgehead atoms. The molecule has 0 heterocycles. The Morgan fingerprint density at radius 2 is 1.13 bits per heavy atom. The van der Waals surface area contributed by atoms with E-state index >= 15 is 0 Å². The third-order valence-electron chi connectivity index (χ3n) is 3.00. The van der Waals surface area contributed by atoms with E-state index in [0.29, 0.717) is 0 Å². The van der Waals surface area contributed by atoms with Crippen LogP contribution >= 0.6 is 0 Å². The number of hydrogen-bond donors (Lipinski definition) is 0. The van der Waals surface area contributed by atoms with Crippen LogP contribution in [0.15, 0.2) is 11.1 Å². The molecule has 0 aliphatic heterocycles. The smallest absolute Gasteiger partial charge is 0.0280 e. The fourth-order valence-electron chi connectivity index (χ4n) is 1.83. The Kier molecular flexibility index (Phi) is 10.1. The fraction of sp³-hybridized carbons (Fsp3) is 0.800.